The summed E-state index contributed by atoms with van der Waals surface area (Å²) < 4.78 is 18.0. The normalized spacial score (nSPS) is 23.0. The van der Waals surface area contributed by atoms with Gasteiger partial charge >= 0.3 is 12.1 Å². The molecule has 3 heterocycles. The molecule has 3 aliphatic rings. The average molecular weight is 777 g/mol. The van der Waals surface area contributed by atoms with E-state index in [1.54, 1.807) is 13.2 Å². The van der Waals surface area contributed by atoms with E-state index in [1.165, 1.54) is 22.3 Å². The van der Waals surface area contributed by atoms with E-state index in [9.17, 15) is 24.3 Å². The van der Waals surface area contributed by atoms with Crippen molar-refractivity contribution in [3.8, 4) is 22.9 Å². The monoisotopic (exact) mass is 776 g/mol. The number of pyridine rings is 1. The smallest absolute Gasteiger partial charge is 0.408 e. The number of ether oxygens (including phenoxy) is 3. The van der Waals surface area contributed by atoms with Crippen molar-refractivity contribution in [1.82, 2.24) is 25.5 Å². The Kier molecular flexibility index (Phi) is 11.3. The molecule has 15 heteroatoms. The summed E-state index contributed by atoms with van der Waals surface area (Å²) in [5.41, 5.74) is 0.449. The number of methoxy groups -OCH3 is 1. The van der Waals surface area contributed by atoms with Gasteiger partial charge in [-0.2, -0.15) is 0 Å². The maximum Gasteiger partial charge on any atom is 0.408 e. The number of carboxylic acids is 1. The number of alkyl carbamates (subject to hydrolysis) is 1. The van der Waals surface area contributed by atoms with Crippen LogP contribution in [-0.4, -0.2) is 93.4 Å². The van der Waals surface area contributed by atoms with E-state index in [0.717, 1.165) is 36.4 Å². The van der Waals surface area contributed by atoms with Crippen LogP contribution in [0.4, 0.5) is 9.93 Å². The minimum absolute atomic E-state index is 0.0187. The molecular weight excluding hydrogens is 725 g/mol. The number of aromatic nitrogens is 2. The second kappa shape index (κ2) is 15.7. The van der Waals surface area contributed by atoms with E-state index in [0.29, 0.717) is 33.8 Å². The first-order chi connectivity index (χ1) is 26.0. The van der Waals surface area contributed by atoms with Gasteiger partial charge in [-0.15, -0.1) is 17.9 Å². The van der Waals surface area contributed by atoms with Gasteiger partial charge in [-0.1, -0.05) is 26.8 Å². The van der Waals surface area contributed by atoms with Crippen molar-refractivity contribution in [3.05, 3.63) is 41.8 Å². The summed E-state index contributed by atoms with van der Waals surface area (Å²) in [5, 5.41) is 22.3. The molecule has 2 aromatic heterocycles. The number of hydrogen-bond donors (Lipinski definition) is 4. The maximum absolute atomic E-state index is 14.6. The molecule has 2 aliphatic carbocycles. The highest BCUT2D eigenvalue weighted by Crippen LogP contribution is 2.45. The number of hydrogen-bond acceptors (Lipinski definition) is 11. The Morgan fingerprint density at radius 2 is 1.80 bits per heavy atom. The highest BCUT2D eigenvalue weighted by atomic mass is 32.1. The van der Waals surface area contributed by atoms with Crippen LogP contribution in [0, 0.1) is 18.3 Å². The standard InChI is InChI=1S/C40H52N6O8S/c1-9-23-18-40(23,36(49)50)45-34(47)30-15-25(19-46(30)35(48)33(39(5,6)7)44-38(51)54-24-12-10-11-13-24)53-32-17-28(29-20-55-37(43-29)41-21(2)3)42-27-14-22(4)31(52-8)16-26(27)32/h9,14,16-17,20-21,23-25,30,33H,1,10-13,15,18-19H2,2-8H3,(H,41,43)(H,44,51)(H,45,47)(H,49,50). The quantitative estimate of drug-likeness (QED) is 0.148. The number of fused-ring (bicyclic) bond motifs is 1. The zero-order valence-corrected chi connectivity index (χ0v) is 33.4. The highest BCUT2D eigenvalue weighted by Gasteiger charge is 2.61. The largest absolute Gasteiger partial charge is 0.496 e. The molecule has 3 fully saturated rings. The fourth-order valence-corrected chi connectivity index (χ4v) is 8.33. The minimum atomic E-state index is -1.51. The van der Waals surface area contributed by atoms with Crippen LogP contribution in [0.2, 0.25) is 0 Å². The Balaban J connectivity index is 1.34. The predicted molar refractivity (Wildman–Crippen MR) is 209 cm³/mol. The molecule has 0 spiro atoms. The van der Waals surface area contributed by atoms with Crippen molar-refractivity contribution < 1.29 is 38.5 Å². The number of rotatable bonds is 13. The van der Waals surface area contributed by atoms with Gasteiger partial charge in [0.1, 0.15) is 47.0 Å². The number of carbonyl (C=O) groups excluding carboxylic acids is 3. The number of nitrogens with one attached hydrogen (secondary N) is 3. The Hall–Kier alpha value is -4.92. The van der Waals surface area contributed by atoms with Crippen molar-refractivity contribution in [2.75, 3.05) is 19.0 Å². The second-order valence-corrected chi connectivity index (χ2v) is 17.1. The summed E-state index contributed by atoms with van der Waals surface area (Å²) in [6, 6.07) is 3.57. The molecule has 2 saturated carbocycles. The number of anilines is 1. The molecule has 0 bridgehead atoms. The Morgan fingerprint density at radius 3 is 2.42 bits per heavy atom. The van der Waals surface area contributed by atoms with Gasteiger partial charge in [-0.3, -0.25) is 9.59 Å². The van der Waals surface area contributed by atoms with Gasteiger partial charge in [0.2, 0.25) is 11.8 Å². The molecular formula is C40H52N6O8S. The number of aryl methyl sites for hydroxylation is 1. The topological polar surface area (TPSA) is 181 Å². The molecule has 14 nitrogen and oxygen atoms in total. The first-order valence-electron chi connectivity index (χ1n) is 18.9. The lowest BCUT2D eigenvalue weighted by molar-refractivity contribution is -0.146. The van der Waals surface area contributed by atoms with E-state index in [4.69, 9.17) is 24.2 Å². The third-order valence-corrected chi connectivity index (χ3v) is 11.4. The zero-order chi connectivity index (χ0) is 39.8. The van der Waals surface area contributed by atoms with E-state index in [-0.39, 0.29) is 31.5 Å². The number of carbonyl (C=O) groups is 4. The van der Waals surface area contributed by atoms with Crippen LogP contribution in [-0.2, 0) is 19.1 Å². The van der Waals surface area contributed by atoms with Crippen molar-refractivity contribution in [2.24, 2.45) is 11.3 Å². The van der Waals surface area contributed by atoms with Gasteiger partial charge < -0.3 is 40.2 Å². The SMILES string of the molecule is C=CC1CC1(NC(=O)C1CC(Oc2cc(-c3csc(NC(C)C)n3)nc3cc(C)c(OC)cc23)CN1C(=O)C(NC(=O)OC1CCCC1)C(C)(C)C)C(=O)O. The van der Waals surface area contributed by atoms with Crippen molar-refractivity contribution in [1.29, 1.82) is 0 Å². The van der Waals surface area contributed by atoms with Crippen LogP contribution >= 0.6 is 11.3 Å². The Labute approximate surface area is 325 Å². The van der Waals surface area contributed by atoms with Crippen molar-refractivity contribution >= 4 is 51.2 Å². The number of benzene rings is 1. The Bertz CT molecular complexity index is 1970. The van der Waals surface area contributed by atoms with E-state index >= 15 is 0 Å². The van der Waals surface area contributed by atoms with Crippen LogP contribution in [0.5, 0.6) is 11.5 Å². The molecule has 296 valence electrons. The molecule has 6 rings (SSSR count). The lowest BCUT2D eigenvalue weighted by atomic mass is 9.85. The summed E-state index contributed by atoms with van der Waals surface area (Å²) in [6.07, 6.45) is 3.61. The van der Waals surface area contributed by atoms with Gasteiger partial charge in [0, 0.05) is 35.2 Å². The Morgan fingerprint density at radius 1 is 1.07 bits per heavy atom. The molecule has 4 N–H and O–H groups in total. The van der Waals surface area contributed by atoms with Crippen LogP contribution in [0.1, 0.15) is 78.7 Å². The molecule has 0 radical (unpaired) electrons. The summed E-state index contributed by atoms with van der Waals surface area (Å²) in [5.74, 6) is -1.68. The van der Waals surface area contributed by atoms with Crippen molar-refractivity contribution in [2.45, 2.75) is 116 Å². The van der Waals surface area contributed by atoms with Gasteiger partial charge in [-0.25, -0.2) is 19.6 Å². The number of likely N-dealkylation sites (tertiary alicyclic amines) is 1. The molecule has 3 amide bonds. The molecule has 3 aromatic rings. The van der Waals surface area contributed by atoms with Gasteiger partial charge in [0.05, 0.1) is 24.9 Å². The minimum Gasteiger partial charge on any atom is -0.496 e. The van der Waals surface area contributed by atoms with Gasteiger partial charge in [0.15, 0.2) is 5.13 Å². The fraction of sp³-hybridized carbons (Fsp3) is 0.550. The molecule has 1 aliphatic heterocycles. The number of nitrogens with zero attached hydrogens (tertiary/aromatic N) is 3. The summed E-state index contributed by atoms with van der Waals surface area (Å²) in [6.45, 7) is 15.2. The lowest BCUT2D eigenvalue weighted by Gasteiger charge is -2.35. The van der Waals surface area contributed by atoms with Crippen molar-refractivity contribution in [3.63, 3.8) is 0 Å². The third-order valence-electron chi connectivity index (χ3n) is 10.6. The lowest BCUT2D eigenvalue weighted by Crippen LogP contribution is -2.59. The first kappa shape index (κ1) is 39.8. The zero-order valence-electron chi connectivity index (χ0n) is 32.6. The highest BCUT2D eigenvalue weighted by molar-refractivity contribution is 7.14. The molecule has 1 saturated heterocycles. The fourth-order valence-electron chi connectivity index (χ4n) is 7.48. The summed E-state index contributed by atoms with van der Waals surface area (Å²) in [7, 11) is 1.59. The van der Waals surface area contributed by atoms with Gasteiger partial charge in [0.25, 0.3) is 0 Å². The van der Waals surface area contributed by atoms with Crippen LogP contribution < -0.4 is 25.4 Å². The molecule has 55 heavy (non-hydrogen) atoms. The number of amides is 3. The van der Waals surface area contributed by atoms with E-state index in [2.05, 4.69) is 22.5 Å². The van der Waals surface area contributed by atoms with Crippen LogP contribution in [0.3, 0.4) is 0 Å². The van der Waals surface area contributed by atoms with Crippen LogP contribution in [0.25, 0.3) is 22.3 Å². The second-order valence-electron chi connectivity index (χ2n) is 16.2. The van der Waals surface area contributed by atoms with Crippen LogP contribution in [0.15, 0.2) is 36.2 Å². The molecule has 1 aromatic carbocycles. The number of aliphatic carboxylic acids is 1. The van der Waals surface area contributed by atoms with Gasteiger partial charge in [-0.05, 0) is 76.0 Å². The predicted octanol–water partition coefficient (Wildman–Crippen LogP) is 6.07. The number of thiazole rings is 1. The van der Waals surface area contributed by atoms with E-state index < -0.39 is 58.9 Å². The first-order valence-corrected chi connectivity index (χ1v) is 19.7. The third kappa shape index (κ3) is 8.51. The maximum atomic E-state index is 14.6. The summed E-state index contributed by atoms with van der Waals surface area (Å²) >= 11 is 1.47. The summed E-state index contributed by atoms with van der Waals surface area (Å²) in [4.78, 5) is 65.3. The van der Waals surface area contributed by atoms with E-state index in [1.807, 2.05) is 59.1 Å². The average Bonchev–Trinajstić information content (AvgIpc) is 3.52. The number of carboxylic acid groups (broad SMARTS) is 1. The molecule has 5 atom stereocenters. The molecule has 5 unspecified atom stereocenters.